The largest absolute Gasteiger partial charge is 0.491 e. The number of nitrogens with zero attached hydrogens (tertiary/aromatic N) is 10. The predicted molar refractivity (Wildman–Crippen MR) is 63.6 cm³/mol. The summed E-state index contributed by atoms with van der Waals surface area (Å²) in [5.74, 6) is -2.16. The molecule has 0 atom stereocenters. The zero-order valence-corrected chi connectivity index (χ0v) is 10.5. The molecule has 0 radical (unpaired) electrons. The van der Waals surface area contributed by atoms with E-state index in [1.807, 2.05) is 0 Å². The molecule has 0 N–H and O–H groups in total. The molecule has 110 valence electrons. The first-order valence-electron chi connectivity index (χ1n) is 5.40. The van der Waals surface area contributed by atoms with Gasteiger partial charge in [0, 0.05) is 10.2 Å². The Labute approximate surface area is 120 Å². The highest BCUT2D eigenvalue weighted by Crippen LogP contribution is 2.20. The molecule has 0 amide bonds. The van der Waals surface area contributed by atoms with Gasteiger partial charge in [-0.05, 0) is 19.8 Å². The summed E-state index contributed by atoms with van der Waals surface area (Å²) in [5, 5.41) is 45.8. The van der Waals surface area contributed by atoms with Gasteiger partial charge in [-0.2, -0.15) is 10.5 Å². The lowest BCUT2D eigenvalue weighted by atomic mass is 10.5. The lowest BCUT2D eigenvalue weighted by Crippen LogP contribution is -2.07. The van der Waals surface area contributed by atoms with Gasteiger partial charge in [0.05, 0.1) is 12.1 Å². The van der Waals surface area contributed by atoms with Crippen molar-refractivity contribution in [3.63, 3.8) is 0 Å². The Kier molecular flexibility index (Phi) is 3.68. The summed E-state index contributed by atoms with van der Waals surface area (Å²) in [6.45, 7) is -0.799. The highest BCUT2D eigenvalue weighted by molar-refractivity contribution is 5.47. The van der Waals surface area contributed by atoms with Gasteiger partial charge in [-0.15, -0.1) is 9.36 Å². The Morgan fingerprint density at radius 3 is 1.55 bits per heavy atom. The van der Waals surface area contributed by atoms with Gasteiger partial charge < -0.3 is 20.2 Å². The number of rotatable bonds is 5. The average Bonchev–Trinajstić information content (AvgIpc) is 3.04. The molecule has 0 saturated carbocycles. The van der Waals surface area contributed by atoms with E-state index in [-0.39, 0.29) is 11.6 Å². The van der Waals surface area contributed by atoms with Crippen LogP contribution in [0.2, 0.25) is 0 Å². The molecule has 22 heavy (non-hydrogen) atoms. The molecule has 2 aromatic rings. The van der Waals surface area contributed by atoms with Crippen molar-refractivity contribution in [1.82, 2.24) is 29.5 Å². The van der Waals surface area contributed by atoms with Crippen LogP contribution < -0.4 is 0 Å². The van der Waals surface area contributed by atoms with E-state index >= 15 is 0 Å². The van der Waals surface area contributed by atoms with Crippen LogP contribution in [0.1, 0.15) is 0 Å². The molecular weight excluding hydrogens is 300 g/mol. The summed E-state index contributed by atoms with van der Waals surface area (Å²) in [4.78, 5) is 26.8. The molecule has 0 fully saturated rings. The molecule has 0 aliphatic heterocycles. The highest BCUT2D eigenvalue weighted by Gasteiger charge is 2.32. The van der Waals surface area contributed by atoms with E-state index in [0.717, 1.165) is 9.36 Å². The zero-order chi connectivity index (χ0) is 16.3. The molecule has 2 heterocycles. The quantitative estimate of drug-likeness (QED) is 0.507. The van der Waals surface area contributed by atoms with Crippen molar-refractivity contribution < 1.29 is 9.85 Å². The summed E-state index contributed by atoms with van der Waals surface area (Å²) in [6, 6.07) is 3.42. The van der Waals surface area contributed by atoms with Gasteiger partial charge in [0.2, 0.25) is 0 Å². The summed E-state index contributed by atoms with van der Waals surface area (Å²) in [6.07, 6.45) is 0. The summed E-state index contributed by atoms with van der Waals surface area (Å²) in [7, 11) is 0. The summed E-state index contributed by atoms with van der Waals surface area (Å²) >= 11 is 0. The molecule has 2 aromatic heterocycles. The van der Waals surface area contributed by atoms with E-state index in [0.29, 0.717) is 0 Å². The van der Waals surface area contributed by atoms with Gasteiger partial charge in [-0.1, -0.05) is 0 Å². The topological polar surface area (TPSA) is 195 Å². The minimum atomic E-state index is -0.892. The van der Waals surface area contributed by atoms with E-state index in [4.69, 9.17) is 10.5 Å². The molecule has 0 unspecified atom stereocenters. The Morgan fingerprint density at radius 2 is 1.27 bits per heavy atom. The molecule has 0 spiro atoms. The molecule has 14 heteroatoms. The maximum absolute atomic E-state index is 10.7. The minimum absolute atomic E-state index is 0.274. The molecule has 0 saturated heterocycles. The third-order valence-electron chi connectivity index (χ3n) is 2.29. The first kappa shape index (κ1) is 14.5. The Bertz CT molecular complexity index is 766. The van der Waals surface area contributed by atoms with Crippen LogP contribution in [-0.2, 0) is 13.1 Å². The smallest absolute Gasteiger partial charge is 0.390 e. The van der Waals surface area contributed by atoms with E-state index in [1.165, 1.54) is 0 Å². The van der Waals surface area contributed by atoms with Gasteiger partial charge in [0.1, 0.15) is 13.1 Å². The zero-order valence-electron chi connectivity index (χ0n) is 10.5. The molecule has 0 aromatic carbocycles. The summed E-state index contributed by atoms with van der Waals surface area (Å²) in [5.41, 5.74) is 0. The number of hydrogen-bond acceptors (Lipinski definition) is 10. The Balaban J connectivity index is 2.64. The highest BCUT2D eigenvalue weighted by atomic mass is 16.6. The second-order valence-corrected chi connectivity index (χ2v) is 3.62. The van der Waals surface area contributed by atoms with Gasteiger partial charge in [0.25, 0.3) is 0 Å². The summed E-state index contributed by atoms with van der Waals surface area (Å²) < 4.78 is 1.69. The van der Waals surface area contributed by atoms with E-state index < -0.39 is 34.8 Å². The van der Waals surface area contributed by atoms with Crippen molar-refractivity contribution in [2.45, 2.75) is 13.1 Å². The molecule has 2 rings (SSSR count). The maximum Gasteiger partial charge on any atom is 0.491 e. The SMILES string of the molecule is N#CCn1nc([N+](=O)[O-])nc1-c1nc([N+](=O)[O-])nn1CC#N. The number of nitro groups is 2. The van der Waals surface area contributed by atoms with E-state index in [1.54, 1.807) is 12.1 Å². The predicted octanol–water partition coefficient (Wildman–Crippen LogP) is -0.600. The van der Waals surface area contributed by atoms with Crippen LogP contribution in [0, 0.1) is 42.9 Å². The number of hydrogen-bond donors (Lipinski definition) is 0. The van der Waals surface area contributed by atoms with Crippen molar-refractivity contribution in [1.29, 1.82) is 10.5 Å². The van der Waals surface area contributed by atoms with Crippen molar-refractivity contribution in [3.8, 4) is 23.8 Å². The average molecular weight is 304 g/mol. The maximum atomic E-state index is 10.7. The van der Waals surface area contributed by atoms with Gasteiger partial charge >= 0.3 is 23.5 Å². The van der Waals surface area contributed by atoms with Crippen molar-refractivity contribution in [2.75, 3.05) is 0 Å². The Morgan fingerprint density at radius 1 is 0.909 bits per heavy atom. The van der Waals surface area contributed by atoms with Crippen LogP contribution in [0.3, 0.4) is 0 Å². The van der Waals surface area contributed by atoms with Crippen LogP contribution in [0.4, 0.5) is 11.9 Å². The van der Waals surface area contributed by atoms with E-state index in [2.05, 4.69) is 20.2 Å². The molecule has 14 nitrogen and oxygen atoms in total. The standard InChI is InChI=1S/C8H4N10O4/c9-1-3-15-5(11-7(13-15)17(19)20)6-12-8(18(21)22)14-16(6)4-2-10/h3-4H2. The van der Waals surface area contributed by atoms with Crippen LogP contribution in [0.25, 0.3) is 11.6 Å². The van der Waals surface area contributed by atoms with Crippen LogP contribution in [-0.4, -0.2) is 39.4 Å². The fraction of sp³-hybridized carbons (Fsp3) is 0.250. The van der Waals surface area contributed by atoms with Crippen molar-refractivity contribution in [3.05, 3.63) is 20.2 Å². The second-order valence-electron chi connectivity index (χ2n) is 3.62. The van der Waals surface area contributed by atoms with Crippen LogP contribution >= 0.6 is 0 Å². The molecular formula is C8H4N10O4. The monoisotopic (exact) mass is 304 g/mol. The van der Waals surface area contributed by atoms with Gasteiger partial charge in [0.15, 0.2) is 0 Å². The van der Waals surface area contributed by atoms with Crippen molar-refractivity contribution in [2.24, 2.45) is 0 Å². The van der Waals surface area contributed by atoms with Crippen molar-refractivity contribution >= 4 is 11.9 Å². The fourth-order valence-electron chi connectivity index (χ4n) is 1.50. The third-order valence-corrected chi connectivity index (χ3v) is 2.29. The third kappa shape index (κ3) is 2.51. The lowest BCUT2D eigenvalue weighted by molar-refractivity contribution is -0.394. The Hall–Kier alpha value is -3.94. The van der Waals surface area contributed by atoms with E-state index in [9.17, 15) is 20.2 Å². The van der Waals surface area contributed by atoms with Gasteiger partial charge in [-0.25, -0.2) is 0 Å². The lowest BCUT2D eigenvalue weighted by Gasteiger charge is -1.92. The molecule has 0 aliphatic carbocycles. The first-order valence-corrected chi connectivity index (χ1v) is 5.40. The normalized spacial score (nSPS) is 9.91. The van der Waals surface area contributed by atoms with Gasteiger partial charge in [-0.3, -0.25) is 0 Å². The van der Waals surface area contributed by atoms with Crippen LogP contribution in [0.5, 0.6) is 0 Å². The first-order chi connectivity index (χ1) is 10.5. The number of aromatic nitrogens is 6. The second kappa shape index (κ2) is 5.59. The number of nitriles is 2. The minimum Gasteiger partial charge on any atom is -0.390 e. The molecule has 0 bridgehead atoms. The van der Waals surface area contributed by atoms with Crippen LogP contribution in [0.15, 0.2) is 0 Å². The molecule has 0 aliphatic rings. The fourth-order valence-corrected chi connectivity index (χ4v) is 1.50.